The Kier molecular flexibility index (Phi) is 2.92. The van der Waals surface area contributed by atoms with Crippen LogP contribution in [-0.4, -0.2) is 11.1 Å². The largest absolute Gasteiger partial charge is 0.508 e. The number of phenolic OH excluding ortho intramolecular Hbond substituents is 1. The van der Waals surface area contributed by atoms with Crippen LogP contribution in [0.5, 0.6) is 5.75 Å². The minimum atomic E-state index is -0.388. The maximum absolute atomic E-state index is 10.9. The van der Waals surface area contributed by atoms with Crippen LogP contribution in [0.25, 0.3) is 0 Å². The molecule has 4 heteroatoms. The maximum Gasteiger partial charge on any atom is 0.323 e. The molecule has 0 aliphatic rings. The summed E-state index contributed by atoms with van der Waals surface area (Å²) in [5.74, 6) is 0.108. The highest BCUT2D eigenvalue weighted by Crippen LogP contribution is 2.14. The zero-order valence-electron chi connectivity index (χ0n) is 6.95. The highest BCUT2D eigenvalue weighted by atomic mass is 16.3. The number of hydrogen-bond donors (Lipinski definition) is 3. The van der Waals surface area contributed by atoms with E-state index in [2.05, 4.69) is 17.2 Å². The van der Waals surface area contributed by atoms with E-state index in [9.17, 15) is 4.79 Å². The molecule has 1 rings (SSSR count). The Labute approximate surface area is 75.9 Å². The van der Waals surface area contributed by atoms with Gasteiger partial charge in [-0.3, -0.25) is 0 Å². The average molecular weight is 178 g/mol. The van der Waals surface area contributed by atoms with Crippen molar-refractivity contribution in [3.05, 3.63) is 37.0 Å². The predicted molar refractivity (Wildman–Crippen MR) is 50.5 cm³/mol. The second-order valence-corrected chi connectivity index (χ2v) is 2.35. The Morgan fingerprint density at radius 2 is 2.31 bits per heavy atom. The zero-order valence-corrected chi connectivity index (χ0v) is 6.95. The quantitative estimate of drug-likeness (QED) is 0.644. The maximum atomic E-state index is 10.9. The third kappa shape index (κ3) is 2.86. The molecule has 0 fully saturated rings. The first-order valence-corrected chi connectivity index (χ1v) is 3.70. The van der Waals surface area contributed by atoms with Crippen LogP contribution in [-0.2, 0) is 0 Å². The van der Waals surface area contributed by atoms with Gasteiger partial charge in [-0.1, -0.05) is 12.6 Å². The number of nitrogens with one attached hydrogen (secondary N) is 2. The summed E-state index contributed by atoms with van der Waals surface area (Å²) < 4.78 is 0. The number of carbonyl (C=O) groups is 1. The van der Waals surface area contributed by atoms with Crippen molar-refractivity contribution >= 4 is 11.7 Å². The normalized spacial score (nSPS) is 8.92. The molecule has 3 N–H and O–H groups in total. The van der Waals surface area contributed by atoms with Crippen LogP contribution in [0.15, 0.2) is 37.0 Å². The molecule has 68 valence electrons. The van der Waals surface area contributed by atoms with E-state index < -0.39 is 0 Å². The van der Waals surface area contributed by atoms with E-state index in [1.54, 1.807) is 12.1 Å². The summed E-state index contributed by atoms with van der Waals surface area (Å²) in [7, 11) is 0. The van der Waals surface area contributed by atoms with Crippen LogP contribution >= 0.6 is 0 Å². The number of carbonyl (C=O) groups excluding carboxylic acids is 1. The van der Waals surface area contributed by atoms with Gasteiger partial charge in [0.15, 0.2) is 0 Å². The van der Waals surface area contributed by atoms with Crippen LogP contribution in [0.3, 0.4) is 0 Å². The predicted octanol–water partition coefficient (Wildman–Crippen LogP) is 1.66. The molecular weight excluding hydrogens is 168 g/mol. The number of amides is 2. The molecule has 0 saturated heterocycles. The molecule has 0 unspecified atom stereocenters. The van der Waals surface area contributed by atoms with E-state index in [1.165, 1.54) is 18.3 Å². The minimum Gasteiger partial charge on any atom is -0.508 e. The fourth-order valence-electron chi connectivity index (χ4n) is 0.844. The van der Waals surface area contributed by atoms with E-state index in [0.717, 1.165) is 0 Å². The Morgan fingerprint density at radius 1 is 1.54 bits per heavy atom. The molecule has 0 aromatic heterocycles. The monoisotopic (exact) mass is 178 g/mol. The summed E-state index contributed by atoms with van der Waals surface area (Å²) in [5, 5.41) is 13.9. The summed E-state index contributed by atoms with van der Waals surface area (Å²) in [4.78, 5) is 10.9. The molecule has 2 amide bonds. The van der Waals surface area contributed by atoms with Crippen LogP contribution < -0.4 is 10.6 Å². The average Bonchev–Trinajstić information content (AvgIpc) is 2.04. The van der Waals surface area contributed by atoms with Gasteiger partial charge in [-0.2, -0.15) is 0 Å². The van der Waals surface area contributed by atoms with E-state index >= 15 is 0 Å². The molecule has 0 aliphatic carbocycles. The minimum absolute atomic E-state index is 0.108. The fraction of sp³-hybridized carbons (Fsp3) is 0. The lowest BCUT2D eigenvalue weighted by Gasteiger charge is -2.03. The number of hydrogen-bond acceptors (Lipinski definition) is 2. The van der Waals surface area contributed by atoms with Crippen molar-refractivity contribution < 1.29 is 9.90 Å². The molecule has 0 heterocycles. The summed E-state index contributed by atoms with van der Waals surface area (Å²) in [6, 6.07) is 5.89. The van der Waals surface area contributed by atoms with Crippen LogP contribution in [0.2, 0.25) is 0 Å². The molecule has 0 saturated carbocycles. The molecule has 1 aromatic carbocycles. The second kappa shape index (κ2) is 4.15. The number of rotatable bonds is 2. The lowest BCUT2D eigenvalue weighted by Crippen LogP contribution is -2.23. The third-order valence-corrected chi connectivity index (χ3v) is 1.34. The van der Waals surface area contributed by atoms with Gasteiger partial charge in [0.05, 0.1) is 0 Å². The van der Waals surface area contributed by atoms with Crippen LogP contribution in [0.1, 0.15) is 0 Å². The van der Waals surface area contributed by atoms with Gasteiger partial charge in [0, 0.05) is 11.8 Å². The van der Waals surface area contributed by atoms with Crippen molar-refractivity contribution in [1.82, 2.24) is 5.32 Å². The number of benzene rings is 1. The Bertz CT molecular complexity index is 323. The van der Waals surface area contributed by atoms with Gasteiger partial charge in [-0.25, -0.2) is 4.79 Å². The first-order valence-electron chi connectivity index (χ1n) is 3.70. The lowest BCUT2D eigenvalue weighted by molar-refractivity contribution is 0.255. The van der Waals surface area contributed by atoms with Gasteiger partial charge in [0.25, 0.3) is 0 Å². The van der Waals surface area contributed by atoms with E-state index in [4.69, 9.17) is 5.11 Å². The van der Waals surface area contributed by atoms with Crippen molar-refractivity contribution in [1.29, 1.82) is 0 Å². The third-order valence-electron chi connectivity index (χ3n) is 1.34. The number of aromatic hydroxyl groups is 1. The van der Waals surface area contributed by atoms with Crippen molar-refractivity contribution in [2.24, 2.45) is 0 Å². The Hall–Kier alpha value is -1.97. The second-order valence-electron chi connectivity index (χ2n) is 2.35. The van der Waals surface area contributed by atoms with Crippen molar-refractivity contribution in [2.45, 2.75) is 0 Å². The lowest BCUT2D eigenvalue weighted by atomic mass is 10.3. The van der Waals surface area contributed by atoms with Crippen molar-refractivity contribution in [3.63, 3.8) is 0 Å². The molecule has 13 heavy (non-hydrogen) atoms. The Balaban J connectivity index is 2.63. The van der Waals surface area contributed by atoms with Crippen LogP contribution in [0.4, 0.5) is 10.5 Å². The summed E-state index contributed by atoms with van der Waals surface area (Å²) >= 11 is 0. The van der Waals surface area contributed by atoms with Gasteiger partial charge in [-0.15, -0.1) is 0 Å². The SMILES string of the molecule is C=CNC(=O)Nc1cccc(O)c1. The van der Waals surface area contributed by atoms with Gasteiger partial charge < -0.3 is 15.7 Å². The highest BCUT2D eigenvalue weighted by Gasteiger charge is 1.98. The summed E-state index contributed by atoms with van der Waals surface area (Å²) in [6.07, 6.45) is 1.28. The molecule has 0 aliphatic heterocycles. The number of anilines is 1. The molecule has 0 radical (unpaired) electrons. The number of phenols is 1. The molecule has 0 bridgehead atoms. The smallest absolute Gasteiger partial charge is 0.323 e. The Morgan fingerprint density at radius 3 is 2.92 bits per heavy atom. The van der Waals surface area contributed by atoms with Gasteiger partial charge >= 0.3 is 6.03 Å². The van der Waals surface area contributed by atoms with Crippen molar-refractivity contribution in [2.75, 3.05) is 5.32 Å². The first kappa shape index (κ1) is 9.12. The van der Waals surface area contributed by atoms with Gasteiger partial charge in [-0.05, 0) is 18.3 Å². The topological polar surface area (TPSA) is 61.4 Å². The van der Waals surface area contributed by atoms with Gasteiger partial charge in [0.2, 0.25) is 0 Å². The number of urea groups is 1. The van der Waals surface area contributed by atoms with Crippen molar-refractivity contribution in [3.8, 4) is 5.75 Å². The van der Waals surface area contributed by atoms with E-state index in [0.29, 0.717) is 5.69 Å². The molecular formula is C9H10N2O2. The molecule has 0 spiro atoms. The summed E-state index contributed by atoms with van der Waals surface area (Å²) in [5.41, 5.74) is 0.527. The first-order chi connectivity index (χ1) is 6.22. The summed E-state index contributed by atoms with van der Waals surface area (Å²) in [6.45, 7) is 3.34. The van der Waals surface area contributed by atoms with Crippen LogP contribution in [0, 0.1) is 0 Å². The molecule has 1 aromatic rings. The molecule has 4 nitrogen and oxygen atoms in total. The standard InChI is InChI=1S/C9H10N2O2/c1-2-10-9(13)11-7-4-3-5-8(12)6-7/h2-6,12H,1H2,(H2,10,11,13). The highest BCUT2D eigenvalue weighted by molar-refractivity contribution is 5.89. The van der Waals surface area contributed by atoms with E-state index in [-0.39, 0.29) is 11.8 Å². The zero-order chi connectivity index (χ0) is 9.68. The molecule has 0 atom stereocenters. The fourth-order valence-corrected chi connectivity index (χ4v) is 0.844. The van der Waals surface area contributed by atoms with E-state index in [1.807, 2.05) is 0 Å². The van der Waals surface area contributed by atoms with Gasteiger partial charge in [0.1, 0.15) is 5.75 Å².